The molecule has 0 amide bonds. The van der Waals surface area contributed by atoms with Gasteiger partial charge in [-0.3, -0.25) is 0 Å². The van der Waals surface area contributed by atoms with E-state index in [4.69, 9.17) is 5.73 Å². The summed E-state index contributed by atoms with van der Waals surface area (Å²) in [4.78, 5) is 0. The predicted octanol–water partition coefficient (Wildman–Crippen LogP) is 4.24. The third kappa shape index (κ3) is 2.19. The molecular weight excluding hydrogens is 294 g/mol. The van der Waals surface area contributed by atoms with Crippen molar-refractivity contribution in [2.24, 2.45) is 5.73 Å². The van der Waals surface area contributed by atoms with Crippen LogP contribution in [0, 0.1) is 0 Å². The molecule has 0 fully saturated rings. The van der Waals surface area contributed by atoms with Gasteiger partial charge in [-0.05, 0) is 62.8 Å². The second-order valence-electron chi connectivity index (χ2n) is 4.63. The van der Waals surface area contributed by atoms with Crippen LogP contribution in [0.25, 0.3) is 0 Å². The molecule has 1 aromatic carbocycles. The first-order valence-corrected chi connectivity index (χ1v) is 7.48. The van der Waals surface area contributed by atoms with E-state index in [0.717, 1.165) is 10.2 Å². The van der Waals surface area contributed by atoms with Crippen LogP contribution in [0.5, 0.6) is 0 Å². The second-order valence-corrected chi connectivity index (χ2v) is 6.92. The fraction of sp³-hybridized carbons (Fsp3) is 0.286. The van der Waals surface area contributed by atoms with Gasteiger partial charge in [0.1, 0.15) is 0 Å². The predicted molar refractivity (Wildman–Crippen MR) is 76.5 cm³/mol. The van der Waals surface area contributed by atoms with Crippen molar-refractivity contribution in [1.82, 2.24) is 0 Å². The maximum Gasteiger partial charge on any atom is 0.0701 e. The van der Waals surface area contributed by atoms with E-state index in [9.17, 15) is 0 Å². The van der Waals surface area contributed by atoms with Crippen LogP contribution in [0.15, 0.2) is 39.5 Å². The maximum absolute atomic E-state index is 6.26. The summed E-state index contributed by atoms with van der Waals surface area (Å²) in [6, 6.07) is 11.0. The van der Waals surface area contributed by atoms with Gasteiger partial charge in [0.15, 0.2) is 0 Å². The minimum absolute atomic E-state index is 0.163. The zero-order valence-corrected chi connectivity index (χ0v) is 11.8. The maximum atomic E-state index is 6.26. The fourth-order valence-electron chi connectivity index (χ4n) is 2.53. The Morgan fingerprint density at radius 3 is 2.94 bits per heavy atom. The molecule has 2 aromatic rings. The Morgan fingerprint density at radius 1 is 1.41 bits per heavy atom. The van der Waals surface area contributed by atoms with E-state index in [0.29, 0.717) is 5.92 Å². The van der Waals surface area contributed by atoms with E-state index in [1.54, 1.807) is 11.3 Å². The highest BCUT2D eigenvalue weighted by atomic mass is 79.9. The van der Waals surface area contributed by atoms with E-state index < -0.39 is 0 Å². The second kappa shape index (κ2) is 4.56. The van der Waals surface area contributed by atoms with Crippen LogP contribution in [0.4, 0.5) is 0 Å². The van der Waals surface area contributed by atoms with Gasteiger partial charge >= 0.3 is 0 Å². The summed E-state index contributed by atoms with van der Waals surface area (Å²) in [5.74, 6) is 0.653. The monoisotopic (exact) mass is 307 g/mol. The number of hydrogen-bond acceptors (Lipinski definition) is 2. The number of fused-ring (bicyclic) bond motifs is 1. The van der Waals surface area contributed by atoms with Gasteiger partial charge < -0.3 is 5.73 Å². The van der Waals surface area contributed by atoms with Crippen molar-refractivity contribution in [3.05, 3.63) is 56.2 Å². The average Bonchev–Trinajstić information content (AvgIpc) is 2.73. The molecule has 88 valence electrons. The highest BCUT2D eigenvalue weighted by Crippen LogP contribution is 2.40. The molecule has 2 unspecified atom stereocenters. The van der Waals surface area contributed by atoms with Crippen molar-refractivity contribution >= 4 is 27.3 Å². The Hall–Kier alpha value is -0.640. The van der Waals surface area contributed by atoms with E-state index in [1.165, 1.54) is 23.1 Å². The lowest BCUT2D eigenvalue weighted by Gasteiger charge is -2.31. The first kappa shape index (κ1) is 11.5. The van der Waals surface area contributed by atoms with Gasteiger partial charge in [-0.2, -0.15) is 0 Å². The minimum Gasteiger partial charge on any atom is -0.324 e. The summed E-state index contributed by atoms with van der Waals surface area (Å²) in [6.45, 7) is 0. The van der Waals surface area contributed by atoms with Crippen molar-refractivity contribution in [1.29, 1.82) is 0 Å². The Morgan fingerprint density at radius 2 is 2.24 bits per heavy atom. The molecule has 0 saturated heterocycles. The highest BCUT2D eigenvalue weighted by molar-refractivity contribution is 9.11. The number of thiophene rings is 1. The molecule has 1 aromatic heterocycles. The van der Waals surface area contributed by atoms with Gasteiger partial charge in [0.25, 0.3) is 0 Å². The smallest absolute Gasteiger partial charge is 0.0701 e. The third-order valence-electron chi connectivity index (χ3n) is 3.52. The quantitative estimate of drug-likeness (QED) is 0.901. The van der Waals surface area contributed by atoms with Gasteiger partial charge in [-0.1, -0.05) is 24.3 Å². The molecule has 0 spiro atoms. The fourth-order valence-corrected chi connectivity index (χ4v) is 3.77. The molecule has 0 bridgehead atoms. The molecule has 2 N–H and O–H groups in total. The van der Waals surface area contributed by atoms with E-state index >= 15 is 0 Å². The van der Waals surface area contributed by atoms with Crippen LogP contribution in [0.3, 0.4) is 0 Å². The summed E-state index contributed by atoms with van der Waals surface area (Å²) in [7, 11) is 0. The Kier molecular flexibility index (Phi) is 3.07. The Balaban J connectivity index is 1.70. The summed E-state index contributed by atoms with van der Waals surface area (Å²) in [6.07, 6.45) is 2.25. The van der Waals surface area contributed by atoms with Crippen LogP contribution in [0.2, 0.25) is 0 Å². The molecule has 3 rings (SSSR count). The Labute approximate surface area is 114 Å². The molecule has 2 atom stereocenters. The number of rotatable bonds is 3. The molecule has 1 aliphatic carbocycles. The zero-order valence-electron chi connectivity index (χ0n) is 9.40. The van der Waals surface area contributed by atoms with E-state index in [2.05, 4.69) is 51.6 Å². The Bertz CT molecular complexity index is 535. The molecule has 17 heavy (non-hydrogen) atoms. The molecule has 0 radical (unpaired) electrons. The standard InChI is InChI=1S/C14H14BrNS/c15-14-7-11(8-17-14)13(16)6-10-5-9-3-1-2-4-12(9)10/h1-4,7-8,10,13H,5-6,16H2. The largest absolute Gasteiger partial charge is 0.324 e. The van der Waals surface area contributed by atoms with Gasteiger partial charge in [-0.25, -0.2) is 0 Å². The van der Waals surface area contributed by atoms with Gasteiger partial charge in [-0.15, -0.1) is 11.3 Å². The molecule has 1 heterocycles. The molecule has 0 aliphatic heterocycles. The van der Waals surface area contributed by atoms with Crippen LogP contribution in [-0.2, 0) is 6.42 Å². The molecular formula is C14H14BrNS. The van der Waals surface area contributed by atoms with E-state index in [-0.39, 0.29) is 6.04 Å². The van der Waals surface area contributed by atoms with Crippen molar-refractivity contribution < 1.29 is 0 Å². The van der Waals surface area contributed by atoms with Crippen LogP contribution < -0.4 is 5.73 Å². The minimum atomic E-state index is 0.163. The van der Waals surface area contributed by atoms with Gasteiger partial charge in [0.05, 0.1) is 3.79 Å². The number of halogens is 1. The van der Waals surface area contributed by atoms with Crippen LogP contribution >= 0.6 is 27.3 Å². The van der Waals surface area contributed by atoms with Crippen molar-refractivity contribution in [3.63, 3.8) is 0 Å². The first-order chi connectivity index (χ1) is 8.24. The van der Waals surface area contributed by atoms with E-state index in [1.807, 2.05) is 0 Å². The lowest BCUT2D eigenvalue weighted by Crippen LogP contribution is -2.22. The summed E-state index contributed by atoms with van der Waals surface area (Å²) in [5.41, 5.74) is 10.5. The van der Waals surface area contributed by atoms with Crippen molar-refractivity contribution in [2.45, 2.75) is 24.8 Å². The van der Waals surface area contributed by atoms with Crippen molar-refractivity contribution in [3.8, 4) is 0 Å². The van der Waals surface area contributed by atoms with Crippen LogP contribution in [0.1, 0.15) is 35.1 Å². The third-order valence-corrected chi connectivity index (χ3v) is 5.04. The molecule has 1 aliphatic rings. The highest BCUT2D eigenvalue weighted by Gasteiger charge is 2.27. The summed E-state index contributed by atoms with van der Waals surface area (Å²) >= 11 is 5.19. The molecule has 0 saturated carbocycles. The average molecular weight is 308 g/mol. The topological polar surface area (TPSA) is 26.0 Å². The summed E-state index contributed by atoms with van der Waals surface area (Å²) < 4.78 is 1.16. The lowest BCUT2D eigenvalue weighted by atomic mass is 9.74. The number of nitrogens with two attached hydrogens (primary N) is 1. The SMILES string of the molecule is NC(CC1Cc2ccccc21)c1csc(Br)c1. The zero-order chi connectivity index (χ0) is 11.8. The van der Waals surface area contributed by atoms with Crippen LogP contribution in [-0.4, -0.2) is 0 Å². The summed E-state index contributed by atoms with van der Waals surface area (Å²) in [5, 5.41) is 2.15. The van der Waals surface area contributed by atoms with Gasteiger partial charge in [0, 0.05) is 6.04 Å². The number of hydrogen-bond donors (Lipinski definition) is 1. The lowest BCUT2D eigenvalue weighted by molar-refractivity contribution is 0.499. The van der Waals surface area contributed by atoms with Crippen molar-refractivity contribution in [2.75, 3.05) is 0 Å². The molecule has 1 nitrogen and oxygen atoms in total. The van der Waals surface area contributed by atoms with Gasteiger partial charge in [0.2, 0.25) is 0 Å². The first-order valence-electron chi connectivity index (χ1n) is 5.81. The molecule has 3 heteroatoms. The number of benzene rings is 1. The normalized spacial score (nSPS) is 19.5.